The number of nitrogens with zero attached hydrogens (tertiary/aromatic N) is 2. The normalized spacial score (nSPS) is 17.7. The van der Waals surface area contributed by atoms with Crippen LogP contribution in [-0.4, -0.2) is 11.3 Å². The number of pyridine rings is 1. The molecule has 1 aromatic heterocycles. The molecule has 0 aliphatic carbocycles. The Morgan fingerprint density at radius 3 is 2.76 bits per heavy atom. The minimum atomic E-state index is -0.318. The third-order valence-corrected chi connectivity index (χ3v) is 2.75. The lowest BCUT2D eigenvalue weighted by atomic mass is 10.2. The molecule has 0 radical (unpaired) electrons. The highest BCUT2D eigenvalue weighted by atomic mass is 15.4. The summed E-state index contributed by atoms with van der Waals surface area (Å²) in [4.78, 5) is 6.20. The highest BCUT2D eigenvalue weighted by Crippen LogP contribution is 2.37. The number of anilines is 4. The van der Waals surface area contributed by atoms with Crippen molar-refractivity contribution in [2.24, 2.45) is 5.73 Å². The van der Waals surface area contributed by atoms with Crippen LogP contribution >= 0.6 is 0 Å². The van der Waals surface area contributed by atoms with Crippen molar-refractivity contribution in [2.45, 2.75) is 6.29 Å². The van der Waals surface area contributed by atoms with Gasteiger partial charge in [-0.25, -0.2) is 4.98 Å². The Kier molecular flexibility index (Phi) is 2.12. The summed E-state index contributed by atoms with van der Waals surface area (Å²) in [5, 5.41) is 3.11. The van der Waals surface area contributed by atoms with Crippen LogP contribution in [0.5, 0.6) is 0 Å². The van der Waals surface area contributed by atoms with Crippen LogP contribution in [0.15, 0.2) is 42.6 Å². The number of fused-ring (bicyclic) bond motifs is 1. The molecule has 0 bridgehead atoms. The first kappa shape index (κ1) is 9.92. The second-order valence-electron chi connectivity index (χ2n) is 3.93. The lowest BCUT2D eigenvalue weighted by Gasteiger charge is -2.23. The van der Waals surface area contributed by atoms with Crippen LogP contribution < -0.4 is 21.7 Å². The van der Waals surface area contributed by atoms with Gasteiger partial charge in [0, 0.05) is 5.69 Å². The lowest BCUT2D eigenvalue weighted by molar-refractivity contribution is 0.800. The SMILES string of the molecule is Nc1cnc2c(c1)N(c1ccccc1)C(N)N2. The number of nitrogens with one attached hydrogen (secondary N) is 1. The Morgan fingerprint density at radius 1 is 1.24 bits per heavy atom. The van der Waals surface area contributed by atoms with Crippen LogP contribution in [0.3, 0.4) is 0 Å². The molecule has 1 atom stereocenters. The molecule has 2 heterocycles. The maximum Gasteiger partial charge on any atom is 0.158 e. The average Bonchev–Trinajstić information content (AvgIpc) is 2.65. The molecular formula is C12H13N5. The minimum absolute atomic E-state index is 0.318. The average molecular weight is 227 g/mol. The highest BCUT2D eigenvalue weighted by molar-refractivity contribution is 5.81. The number of aromatic nitrogens is 1. The molecule has 3 rings (SSSR count). The molecule has 0 fully saturated rings. The van der Waals surface area contributed by atoms with E-state index >= 15 is 0 Å². The van der Waals surface area contributed by atoms with Gasteiger partial charge in [-0.1, -0.05) is 18.2 Å². The smallest absolute Gasteiger partial charge is 0.158 e. The number of hydrogen-bond acceptors (Lipinski definition) is 5. The van der Waals surface area contributed by atoms with Gasteiger partial charge in [0.2, 0.25) is 0 Å². The van der Waals surface area contributed by atoms with Crippen LogP contribution in [0, 0.1) is 0 Å². The summed E-state index contributed by atoms with van der Waals surface area (Å²) in [6.07, 6.45) is 1.30. The zero-order chi connectivity index (χ0) is 11.8. The van der Waals surface area contributed by atoms with Crippen molar-refractivity contribution >= 4 is 22.9 Å². The monoisotopic (exact) mass is 227 g/mol. The van der Waals surface area contributed by atoms with E-state index in [9.17, 15) is 0 Å². The maximum absolute atomic E-state index is 6.05. The van der Waals surface area contributed by atoms with Crippen LogP contribution in [0.25, 0.3) is 0 Å². The number of rotatable bonds is 1. The predicted octanol–water partition coefficient (Wildman–Crippen LogP) is 1.47. The number of nitrogen functional groups attached to an aromatic ring is 1. The van der Waals surface area contributed by atoms with E-state index < -0.39 is 0 Å². The molecule has 5 N–H and O–H groups in total. The molecule has 0 spiro atoms. The summed E-state index contributed by atoms with van der Waals surface area (Å²) in [7, 11) is 0. The first-order valence-corrected chi connectivity index (χ1v) is 5.37. The van der Waals surface area contributed by atoms with Gasteiger partial charge in [0.15, 0.2) is 12.1 Å². The van der Waals surface area contributed by atoms with Gasteiger partial charge in [-0.2, -0.15) is 0 Å². The molecule has 1 aliphatic rings. The largest absolute Gasteiger partial charge is 0.397 e. The quantitative estimate of drug-likeness (QED) is 0.687. The Balaban J connectivity index is 2.11. The highest BCUT2D eigenvalue weighted by Gasteiger charge is 2.28. The summed E-state index contributed by atoms with van der Waals surface area (Å²) in [6.45, 7) is 0. The first-order chi connectivity index (χ1) is 8.25. The Morgan fingerprint density at radius 2 is 2.00 bits per heavy atom. The summed E-state index contributed by atoms with van der Waals surface area (Å²) in [6, 6.07) is 11.8. The minimum Gasteiger partial charge on any atom is -0.397 e. The number of hydrogen-bond donors (Lipinski definition) is 3. The van der Waals surface area contributed by atoms with Gasteiger partial charge in [-0.15, -0.1) is 0 Å². The second-order valence-corrected chi connectivity index (χ2v) is 3.93. The molecular weight excluding hydrogens is 214 g/mol. The number of nitrogens with two attached hydrogens (primary N) is 2. The molecule has 0 saturated heterocycles. The molecule has 5 heteroatoms. The van der Waals surface area contributed by atoms with E-state index in [2.05, 4.69) is 10.3 Å². The number of para-hydroxylation sites is 1. The first-order valence-electron chi connectivity index (χ1n) is 5.37. The predicted molar refractivity (Wildman–Crippen MR) is 68.8 cm³/mol. The van der Waals surface area contributed by atoms with E-state index in [0.29, 0.717) is 5.69 Å². The molecule has 0 amide bonds. The zero-order valence-corrected chi connectivity index (χ0v) is 9.17. The van der Waals surface area contributed by atoms with Gasteiger partial charge >= 0.3 is 0 Å². The van der Waals surface area contributed by atoms with E-state index in [-0.39, 0.29) is 6.29 Å². The molecule has 1 unspecified atom stereocenters. The Hall–Kier alpha value is -2.27. The van der Waals surface area contributed by atoms with Crippen molar-refractivity contribution in [1.29, 1.82) is 0 Å². The third kappa shape index (κ3) is 1.57. The van der Waals surface area contributed by atoms with Gasteiger partial charge in [0.25, 0.3) is 0 Å². The summed E-state index contributed by atoms with van der Waals surface area (Å²) in [5.74, 6) is 0.760. The fourth-order valence-corrected chi connectivity index (χ4v) is 2.01. The van der Waals surface area contributed by atoms with Crippen molar-refractivity contribution in [3.63, 3.8) is 0 Å². The molecule has 17 heavy (non-hydrogen) atoms. The standard InChI is InChI=1S/C12H13N5/c13-8-6-10-11(15-7-8)16-12(14)17(10)9-4-2-1-3-5-9/h1-7,12H,13-14H2,(H,15,16). The summed E-state index contributed by atoms with van der Waals surface area (Å²) >= 11 is 0. The van der Waals surface area contributed by atoms with Gasteiger partial charge in [0.1, 0.15) is 0 Å². The third-order valence-electron chi connectivity index (χ3n) is 2.75. The number of benzene rings is 1. The Labute approximate surface area is 99.1 Å². The van der Waals surface area contributed by atoms with Crippen LogP contribution in [0.2, 0.25) is 0 Å². The van der Waals surface area contributed by atoms with Crippen molar-refractivity contribution in [3.05, 3.63) is 42.6 Å². The van der Waals surface area contributed by atoms with E-state index in [0.717, 1.165) is 17.2 Å². The molecule has 5 nitrogen and oxygen atoms in total. The van der Waals surface area contributed by atoms with Gasteiger partial charge < -0.3 is 16.0 Å². The topological polar surface area (TPSA) is 80.2 Å². The van der Waals surface area contributed by atoms with Gasteiger partial charge in [-0.3, -0.25) is 5.73 Å². The summed E-state index contributed by atoms with van der Waals surface area (Å²) in [5.41, 5.74) is 14.3. The van der Waals surface area contributed by atoms with E-state index in [1.807, 2.05) is 41.3 Å². The summed E-state index contributed by atoms with van der Waals surface area (Å²) < 4.78 is 0. The zero-order valence-electron chi connectivity index (χ0n) is 9.17. The van der Waals surface area contributed by atoms with Crippen molar-refractivity contribution < 1.29 is 0 Å². The van der Waals surface area contributed by atoms with Crippen LogP contribution in [-0.2, 0) is 0 Å². The fraction of sp³-hybridized carbons (Fsp3) is 0.0833. The Bertz CT molecular complexity index is 540. The van der Waals surface area contributed by atoms with E-state index in [1.54, 1.807) is 6.20 Å². The van der Waals surface area contributed by atoms with Crippen molar-refractivity contribution in [2.75, 3.05) is 16.0 Å². The van der Waals surface area contributed by atoms with E-state index in [4.69, 9.17) is 11.5 Å². The van der Waals surface area contributed by atoms with Crippen molar-refractivity contribution in [1.82, 2.24) is 4.98 Å². The molecule has 1 aromatic carbocycles. The fourth-order valence-electron chi connectivity index (χ4n) is 2.01. The molecule has 86 valence electrons. The van der Waals surface area contributed by atoms with Crippen LogP contribution in [0.1, 0.15) is 0 Å². The molecule has 1 aliphatic heterocycles. The van der Waals surface area contributed by atoms with E-state index in [1.165, 1.54) is 0 Å². The second kappa shape index (κ2) is 3.64. The van der Waals surface area contributed by atoms with Crippen molar-refractivity contribution in [3.8, 4) is 0 Å². The van der Waals surface area contributed by atoms with Gasteiger partial charge in [0.05, 0.1) is 17.6 Å². The maximum atomic E-state index is 6.05. The van der Waals surface area contributed by atoms with Crippen LogP contribution in [0.4, 0.5) is 22.9 Å². The lowest BCUT2D eigenvalue weighted by Crippen LogP contribution is -2.39. The molecule has 2 aromatic rings. The molecule has 0 saturated carbocycles. The van der Waals surface area contributed by atoms with Gasteiger partial charge in [-0.05, 0) is 18.2 Å².